The molecule has 5 nitrogen and oxygen atoms in total. The van der Waals surface area contributed by atoms with Crippen molar-refractivity contribution in [1.29, 1.82) is 0 Å². The molecule has 1 N–H and O–H groups in total. The molecule has 0 fully saturated rings. The van der Waals surface area contributed by atoms with Crippen molar-refractivity contribution in [2.24, 2.45) is 0 Å². The molecule has 0 aliphatic carbocycles. The van der Waals surface area contributed by atoms with Crippen molar-refractivity contribution < 1.29 is 0 Å². The lowest BCUT2D eigenvalue weighted by Crippen LogP contribution is -2.28. The Balaban J connectivity index is 2.29. The van der Waals surface area contributed by atoms with Gasteiger partial charge in [-0.25, -0.2) is 9.50 Å². The minimum Gasteiger partial charge on any atom is -0.357 e. The van der Waals surface area contributed by atoms with E-state index in [1.54, 1.807) is 12.4 Å². The third-order valence-corrected chi connectivity index (χ3v) is 2.36. The van der Waals surface area contributed by atoms with E-state index in [9.17, 15) is 0 Å². The number of hydrogen-bond donors (Lipinski definition) is 1. The molecule has 0 bridgehead atoms. The molecular formula is C10H15N5. The van der Waals surface area contributed by atoms with Crippen LogP contribution in [0.4, 0.5) is 5.82 Å². The second-order valence-electron chi connectivity index (χ2n) is 3.44. The molecule has 0 atom stereocenters. The van der Waals surface area contributed by atoms with Gasteiger partial charge in [0.2, 0.25) is 0 Å². The van der Waals surface area contributed by atoms with Gasteiger partial charge in [-0.05, 0) is 13.1 Å². The second-order valence-corrected chi connectivity index (χ2v) is 3.44. The summed E-state index contributed by atoms with van der Waals surface area (Å²) in [5.41, 5.74) is 1.04. The van der Waals surface area contributed by atoms with Gasteiger partial charge in [0.05, 0.1) is 6.20 Å². The van der Waals surface area contributed by atoms with Crippen LogP contribution in [0.25, 0.3) is 5.52 Å². The molecule has 0 aromatic carbocycles. The molecule has 0 saturated heterocycles. The summed E-state index contributed by atoms with van der Waals surface area (Å²) in [7, 11) is 3.98. The van der Waals surface area contributed by atoms with Crippen LogP contribution in [0.15, 0.2) is 24.7 Å². The van der Waals surface area contributed by atoms with Gasteiger partial charge in [0.25, 0.3) is 0 Å². The van der Waals surface area contributed by atoms with Crippen LogP contribution in [0.3, 0.4) is 0 Å². The summed E-state index contributed by atoms with van der Waals surface area (Å²) in [6.45, 7) is 1.86. The van der Waals surface area contributed by atoms with E-state index >= 15 is 0 Å². The van der Waals surface area contributed by atoms with E-state index in [-0.39, 0.29) is 0 Å². The molecule has 0 unspecified atom stereocenters. The number of likely N-dealkylation sites (N-methyl/N-ethyl adjacent to an activating group) is 2. The van der Waals surface area contributed by atoms with Crippen molar-refractivity contribution in [3.8, 4) is 0 Å². The Hall–Kier alpha value is -1.62. The van der Waals surface area contributed by atoms with Crippen LogP contribution < -0.4 is 10.2 Å². The fourth-order valence-electron chi connectivity index (χ4n) is 1.52. The summed E-state index contributed by atoms with van der Waals surface area (Å²) < 4.78 is 1.83. The minimum absolute atomic E-state index is 0.925. The van der Waals surface area contributed by atoms with Crippen LogP contribution in [-0.4, -0.2) is 41.8 Å². The van der Waals surface area contributed by atoms with Crippen molar-refractivity contribution in [2.75, 3.05) is 32.1 Å². The Morgan fingerprint density at radius 1 is 1.47 bits per heavy atom. The predicted octanol–water partition coefficient (Wildman–Crippen LogP) is 0.385. The standard InChI is InChI=1S/C10H15N5/c1-11-5-7-14(2)10-9-3-4-13-15(9)8-6-12-10/h3-4,6,8,11H,5,7H2,1-2H3. The first-order valence-electron chi connectivity index (χ1n) is 4.97. The zero-order valence-corrected chi connectivity index (χ0v) is 9.01. The van der Waals surface area contributed by atoms with Crippen LogP contribution in [0.2, 0.25) is 0 Å². The fourth-order valence-corrected chi connectivity index (χ4v) is 1.52. The third-order valence-electron chi connectivity index (χ3n) is 2.36. The van der Waals surface area contributed by atoms with Crippen LogP contribution in [0, 0.1) is 0 Å². The number of fused-ring (bicyclic) bond motifs is 1. The summed E-state index contributed by atoms with van der Waals surface area (Å²) in [6, 6.07) is 1.97. The summed E-state index contributed by atoms with van der Waals surface area (Å²) in [5, 5.41) is 7.29. The molecule has 2 aromatic heterocycles. The Kier molecular flexibility index (Phi) is 2.82. The highest BCUT2D eigenvalue weighted by molar-refractivity contribution is 5.67. The van der Waals surface area contributed by atoms with Crippen molar-refractivity contribution in [2.45, 2.75) is 0 Å². The first kappa shape index (κ1) is 9.92. The lowest BCUT2D eigenvalue weighted by molar-refractivity contribution is 0.760. The fraction of sp³-hybridized carbons (Fsp3) is 0.400. The maximum atomic E-state index is 4.37. The molecule has 5 heteroatoms. The molecule has 0 aliphatic heterocycles. The Bertz CT molecular complexity index is 436. The van der Waals surface area contributed by atoms with Gasteiger partial charge in [0.15, 0.2) is 5.82 Å². The predicted molar refractivity (Wildman–Crippen MR) is 60.2 cm³/mol. The highest BCUT2D eigenvalue weighted by Crippen LogP contribution is 2.15. The first-order valence-corrected chi connectivity index (χ1v) is 4.97. The van der Waals surface area contributed by atoms with Gasteiger partial charge in [-0.3, -0.25) is 0 Å². The monoisotopic (exact) mass is 205 g/mol. The number of aromatic nitrogens is 3. The SMILES string of the molecule is CNCCN(C)c1nccn2nccc12. The summed E-state index contributed by atoms with van der Waals surface area (Å²) in [5.74, 6) is 0.963. The lowest BCUT2D eigenvalue weighted by Gasteiger charge is -2.18. The van der Waals surface area contributed by atoms with Gasteiger partial charge in [0.1, 0.15) is 5.52 Å². The van der Waals surface area contributed by atoms with Gasteiger partial charge in [-0.15, -0.1) is 0 Å². The van der Waals surface area contributed by atoms with Crippen LogP contribution in [-0.2, 0) is 0 Å². The largest absolute Gasteiger partial charge is 0.357 e. The highest BCUT2D eigenvalue weighted by atomic mass is 15.3. The topological polar surface area (TPSA) is 45.5 Å². The van der Waals surface area contributed by atoms with Crippen molar-refractivity contribution in [3.05, 3.63) is 24.7 Å². The van der Waals surface area contributed by atoms with Gasteiger partial charge < -0.3 is 10.2 Å². The van der Waals surface area contributed by atoms with Crippen LogP contribution in [0.5, 0.6) is 0 Å². The van der Waals surface area contributed by atoms with Crippen LogP contribution >= 0.6 is 0 Å². The van der Waals surface area contributed by atoms with Gasteiger partial charge in [-0.1, -0.05) is 0 Å². The van der Waals surface area contributed by atoms with Gasteiger partial charge >= 0.3 is 0 Å². The zero-order valence-electron chi connectivity index (χ0n) is 9.01. The van der Waals surface area contributed by atoms with E-state index in [1.165, 1.54) is 0 Å². The lowest BCUT2D eigenvalue weighted by atomic mass is 10.4. The summed E-state index contributed by atoms with van der Waals surface area (Å²) in [4.78, 5) is 6.49. The Morgan fingerprint density at radius 3 is 3.13 bits per heavy atom. The maximum Gasteiger partial charge on any atom is 0.154 e. The van der Waals surface area contributed by atoms with E-state index < -0.39 is 0 Å². The average Bonchev–Trinajstić information content (AvgIpc) is 2.73. The molecule has 80 valence electrons. The Morgan fingerprint density at radius 2 is 2.33 bits per heavy atom. The minimum atomic E-state index is 0.925. The van der Waals surface area contributed by atoms with E-state index in [4.69, 9.17) is 0 Å². The number of nitrogens with zero attached hydrogens (tertiary/aromatic N) is 4. The number of hydrogen-bond acceptors (Lipinski definition) is 4. The van der Waals surface area contributed by atoms with Crippen LogP contribution in [0.1, 0.15) is 0 Å². The molecule has 0 amide bonds. The van der Waals surface area contributed by atoms with E-state index in [1.807, 2.05) is 30.9 Å². The first-order chi connectivity index (χ1) is 7.33. The van der Waals surface area contributed by atoms with Gasteiger partial charge in [0, 0.05) is 32.5 Å². The van der Waals surface area contributed by atoms with E-state index in [0.717, 1.165) is 24.4 Å². The van der Waals surface area contributed by atoms with Crippen molar-refractivity contribution >= 4 is 11.3 Å². The van der Waals surface area contributed by atoms with Crippen molar-refractivity contribution in [1.82, 2.24) is 19.9 Å². The highest BCUT2D eigenvalue weighted by Gasteiger charge is 2.07. The maximum absolute atomic E-state index is 4.37. The molecule has 15 heavy (non-hydrogen) atoms. The molecular weight excluding hydrogens is 190 g/mol. The summed E-state index contributed by atoms with van der Waals surface area (Å²) >= 11 is 0. The van der Waals surface area contributed by atoms with Gasteiger partial charge in [-0.2, -0.15) is 5.10 Å². The normalized spacial score (nSPS) is 10.8. The molecule has 0 spiro atoms. The quantitative estimate of drug-likeness (QED) is 0.784. The second kappa shape index (κ2) is 4.27. The average molecular weight is 205 g/mol. The Labute approximate surface area is 88.7 Å². The van der Waals surface area contributed by atoms with Crippen molar-refractivity contribution in [3.63, 3.8) is 0 Å². The molecule has 0 radical (unpaired) electrons. The zero-order chi connectivity index (χ0) is 10.7. The van der Waals surface area contributed by atoms with E-state index in [2.05, 4.69) is 20.3 Å². The summed E-state index contributed by atoms with van der Waals surface area (Å²) in [6.07, 6.45) is 5.41. The molecule has 2 aromatic rings. The molecule has 2 rings (SSSR count). The third kappa shape index (κ3) is 1.92. The number of rotatable bonds is 4. The number of nitrogens with one attached hydrogen (secondary N) is 1. The van der Waals surface area contributed by atoms with E-state index in [0.29, 0.717) is 0 Å². The smallest absolute Gasteiger partial charge is 0.154 e. The molecule has 2 heterocycles. The molecule has 0 saturated carbocycles. The number of anilines is 1. The molecule has 0 aliphatic rings.